The smallest absolute Gasteiger partial charge is 0.236 e. The average Bonchev–Trinajstić information content (AvgIpc) is 2.55. The zero-order chi connectivity index (χ0) is 14.6. The Bertz CT molecular complexity index is 274. The van der Waals surface area contributed by atoms with Gasteiger partial charge in [0.15, 0.2) is 0 Å². The molecule has 0 spiro atoms. The SMILES string of the molecule is CC(C)CN(CC(C)C)C(=O)CN1C[C@@H](O)[C@@H](O)C1. The lowest BCUT2D eigenvalue weighted by atomic mass is 10.1. The number of carbonyl (C=O) groups excluding carboxylic acids is 1. The molecule has 0 unspecified atom stereocenters. The number of nitrogens with zero attached hydrogens (tertiary/aromatic N) is 2. The first kappa shape index (κ1) is 16.4. The van der Waals surface area contributed by atoms with Crippen LogP contribution in [0.5, 0.6) is 0 Å². The summed E-state index contributed by atoms with van der Waals surface area (Å²) >= 11 is 0. The monoisotopic (exact) mass is 272 g/mol. The molecule has 0 bridgehead atoms. The van der Waals surface area contributed by atoms with Crippen LogP contribution >= 0.6 is 0 Å². The van der Waals surface area contributed by atoms with Crippen molar-refractivity contribution in [3.8, 4) is 0 Å². The van der Waals surface area contributed by atoms with Gasteiger partial charge in [0.2, 0.25) is 5.91 Å². The lowest BCUT2D eigenvalue weighted by Crippen LogP contribution is -2.43. The third-order valence-corrected chi connectivity index (χ3v) is 3.22. The Hall–Kier alpha value is -0.650. The first-order chi connectivity index (χ1) is 8.79. The first-order valence-electron chi connectivity index (χ1n) is 7.15. The minimum atomic E-state index is -0.726. The van der Waals surface area contributed by atoms with Crippen molar-refractivity contribution < 1.29 is 15.0 Å². The van der Waals surface area contributed by atoms with E-state index in [1.807, 2.05) is 9.80 Å². The highest BCUT2D eigenvalue weighted by Gasteiger charge is 2.31. The number of hydrogen-bond acceptors (Lipinski definition) is 4. The Balaban J connectivity index is 2.51. The predicted octanol–water partition coefficient (Wildman–Crippen LogP) is 0.164. The van der Waals surface area contributed by atoms with Crippen molar-refractivity contribution in [1.82, 2.24) is 9.80 Å². The molecule has 1 aliphatic rings. The van der Waals surface area contributed by atoms with Gasteiger partial charge in [-0.05, 0) is 11.8 Å². The van der Waals surface area contributed by atoms with E-state index in [-0.39, 0.29) is 12.5 Å². The van der Waals surface area contributed by atoms with Crippen LogP contribution in [-0.4, -0.2) is 70.9 Å². The first-order valence-corrected chi connectivity index (χ1v) is 7.15. The highest BCUT2D eigenvalue weighted by molar-refractivity contribution is 5.78. The van der Waals surface area contributed by atoms with Crippen molar-refractivity contribution in [1.29, 1.82) is 0 Å². The van der Waals surface area contributed by atoms with Crippen LogP contribution in [0.2, 0.25) is 0 Å². The molecule has 0 saturated carbocycles. The second-order valence-corrected chi connectivity index (χ2v) is 6.42. The van der Waals surface area contributed by atoms with E-state index < -0.39 is 12.2 Å². The fraction of sp³-hybridized carbons (Fsp3) is 0.929. The summed E-state index contributed by atoms with van der Waals surface area (Å²) in [4.78, 5) is 16.0. The average molecular weight is 272 g/mol. The van der Waals surface area contributed by atoms with Crippen molar-refractivity contribution in [2.45, 2.75) is 39.9 Å². The lowest BCUT2D eigenvalue weighted by molar-refractivity contribution is -0.133. The van der Waals surface area contributed by atoms with E-state index in [4.69, 9.17) is 0 Å². The van der Waals surface area contributed by atoms with Crippen LogP contribution in [0.25, 0.3) is 0 Å². The van der Waals surface area contributed by atoms with Crippen LogP contribution in [0.3, 0.4) is 0 Å². The van der Waals surface area contributed by atoms with Gasteiger partial charge in [0.1, 0.15) is 0 Å². The van der Waals surface area contributed by atoms with Gasteiger partial charge in [0.25, 0.3) is 0 Å². The van der Waals surface area contributed by atoms with E-state index in [2.05, 4.69) is 27.7 Å². The molecule has 19 heavy (non-hydrogen) atoms. The summed E-state index contributed by atoms with van der Waals surface area (Å²) in [6.45, 7) is 11.0. The standard InChI is InChI=1S/C14H28N2O3/c1-10(2)5-16(6-11(3)4)14(19)9-15-7-12(17)13(18)8-15/h10-13,17-18H,5-9H2,1-4H3/t12-,13+. The van der Waals surface area contributed by atoms with E-state index in [1.54, 1.807) is 0 Å². The molecule has 5 nitrogen and oxygen atoms in total. The minimum Gasteiger partial charge on any atom is -0.389 e. The maximum Gasteiger partial charge on any atom is 0.236 e. The zero-order valence-corrected chi connectivity index (χ0v) is 12.5. The number of rotatable bonds is 6. The molecule has 1 aliphatic heterocycles. The van der Waals surface area contributed by atoms with E-state index in [0.29, 0.717) is 24.9 Å². The van der Waals surface area contributed by atoms with Crippen LogP contribution in [-0.2, 0) is 4.79 Å². The van der Waals surface area contributed by atoms with E-state index in [0.717, 1.165) is 13.1 Å². The van der Waals surface area contributed by atoms with Crippen molar-refractivity contribution >= 4 is 5.91 Å². The highest BCUT2D eigenvalue weighted by Crippen LogP contribution is 2.11. The van der Waals surface area contributed by atoms with Crippen LogP contribution in [0.15, 0.2) is 0 Å². The predicted molar refractivity (Wildman–Crippen MR) is 74.7 cm³/mol. The number of likely N-dealkylation sites (tertiary alicyclic amines) is 1. The molecule has 5 heteroatoms. The number of amides is 1. The summed E-state index contributed by atoms with van der Waals surface area (Å²) < 4.78 is 0. The van der Waals surface area contributed by atoms with Crippen molar-refractivity contribution in [2.75, 3.05) is 32.7 Å². The van der Waals surface area contributed by atoms with Crippen LogP contribution in [0.4, 0.5) is 0 Å². The van der Waals surface area contributed by atoms with Gasteiger partial charge >= 0.3 is 0 Å². The molecular weight excluding hydrogens is 244 g/mol. The third kappa shape index (κ3) is 5.47. The molecule has 1 heterocycles. The van der Waals surface area contributed by atoms with Gasteiger partial charge < -0.3 is 15.1 Å². The van der Waals surface area contributed by atoms with Gasteiger partial charge in [-0.2, -0.15) is 0 Å². The molecule has 0 aromatic heterocycles. The summed E-state index contributed by atoms with van der Waals surface area (Å²) in [5.41, 5.74) is 0. The largest absolute Gasteiger partial charge is 0.389 e. The zero-order valence-electron chi connectivity index (χ0n) is 12.5. The van der Waals surface area contributed by atoms with Crippen molar-refractivity contribution in [3.05, 3.63) is 0 Å². The molecule has 1 saturated heterocycles. The van der Waals surface area contributed by atoms with Crippen LogP contribution < -0.4 is 0 Å². The van der Waals surface area contributed by atoms with Gasteiger partial charge in [-0.25, -0.2) is 0 Å². The molecule has 0 aliphatic carbocycles. The quantitative estimate of drug-likeness (QED) is 0.723. The topological polar surface area (TPSA) is 64.0 Å². The molecule has 2 atom stereocenters. The summed E-state index contributed by atoms with van der Waals surface area (Å²) in [7, 11) is 0. The Morgan fingerprint density at radius 1 is 1.11 bits per heavy atom. The van der Waals surface area contributed by atoms with Crippen molar-refractivity contribution in [2.24, 2.45) is 11.8 Å². The molecule has 1 amide bonds. The number of aliphatic hydroxyl groups excluding tert-OH is 2. The van der Waals surface area contributed by atoms with Crippen LogP contribution in [0, 0.1) is 11.8 Å². The molecular formula is C14H28N2O3. The highest BCUT2D eigenvalue weighted by atomic mass is 16.3. The maximum absolute atomic E-state index is 12.3. The summed E-state index contributed by atoms with van der Waals surface area (Å²) in [5.74, 6) is 0.971. The third-order valence-electron chi connectivity index (χ3n) is 3.22. The van der Waals surface area contributed by atoms with Crippen LogP contribution in [0.1, 0.15) is 27.7 Å². The molecule has 112 valence electrons. The second kappa shape index (κ2) is 7.22. The Morgan fingerprint density at radius 3 is 1.89 bits per heavy atom. The normalized spacial score (nSPS) is 24.4. The summed E-state index contributed by atoms with van der Waals surface area (Å²) in [6.07, 6.45) is -1.45. The van der Waals surface area contributed by atoms with Gasteiger partial charge in [0.05, 0.1) is 18.8 Å². The molecule has 1 rings (SSSR count). The molecule has 0 aromatic rings. The molecule has 0 radical (unpaired) electrons. The van der Waals surface area contributed by atoms with E-state index in [1.165, 1.54) is 0 Å². The second-order valence-electron chi connectivity index (χ2n) is 6.42. The fourth-order valence-corrected chi connectivity index (χ4v) is 2.43. The summed E-state index contributed by atoms with van der Waals surface area (Å²) in [6, 6.07) is 0. The number of aliphatic hydroxyl groups is 2. The molecule has 0 aromatic carbocycles. The van der Waals surface area contributed by atoms with Gasteiger partial charge in [-0.3, -0.25) is 9.69 Å². The van der Waals surface area contributed by atoms with Crippen molar-refractivity contribution in [3.63, 3.8) is 0 Å². The molecule has 2 N–H and O–H groups in total. The summed E-state index contributed by atoms with van der Waals surface area (Å²) in [5, 5.41) is 19.0. The van der Waals surface area contributed by atoms with E-state index >= 15 is 0 Å². The van der Waals surface area contributed by atoms with Gasteiger partial charge in [-0.1, -0.05) is 27.7 Å². The van der Waals surface area contributed by atoms with E-state index in [9.17, 15) is 15.0 Å². The number of β-amino-alcohol motifs (C(OH)–C–C–N with tert-alkyl or cyclic N) is 2. The Kier molecular flexibility index (Phi) is 6.23. The molecule has 1 fully saturated rings. The lowest BCUT2D eigenvalue weighted by Gasteiger charge is -2.28. The van der Waals surface area contributed by atoms with Gasteiger partial charge in [0, 0.05) is 26.2 Å². The maximum atomic E-state index is 12.3. The number of carbonyl (C=O) groups is 1. The minimum absolute atomic E-state index is 0.0868. The Morgan fingerprint density at radius 2 is 1.53 bits per heavy atom. The van der Waals surface area contributed by atoms with Gasteiger partial charge in [-0.15, -0.1) is 0 Å². The fourth-order valence-electron chi connectivity index (χ4n) is 2.43. The number of hydrogen-bond donors (Lipinski definition) is 2. The Labute approximate surface area is 116 Å².